The lowest BCUT2D eigenvalue weighted by molar-refractivity contribution is 0.0945. The first-order valence-electron chi connectivity index (χ1n) is 17.2. The molecule has 1 fully saturated rings. The Kier molecular flexibility index (Phi) is 9.90. The summed E-state index contributed by atoms with van der Waals surface area (Å²) >= 11 is 0. The minimum absolute atomic E-state index is 0.280. The Balaban J connectivity index is 1.49. The number of aromatic nitrogens is 5. The number of benzene rings is 1. The molecular formula is C36H51FN6O2Si2. The summed E-state index contributed by atoms with van der Waals surface area (Å²) in [5.41, 5.74) is 5.35. The predicted octanol–water partition coefficient (Wildman–Crippen LogP) is 9.28. The van der Waals surface area contributed by atoms with Crippen molar-refractivity contribution in [2.45, 2.75) is 96.4 Å². The van der Waals surface area contributed by atoms with E-state index in [-0.39, 0.29) is 5.82 Å². The lowest BCUT2D eigenvalue weighted by Gasteiger charge is -2.28. The largest absolute Gasteiger partial charge is 0.361 e. The summed E-state index contributed by atoms with van der Waals surface area (Å²) in [5, 5.41) is 6.80. The molecule has 0 saturated heterocycles. The molecule has 252 valence electrons. The van der Waals surface area contributed by atoms with Crippen LogP contribution in [0.3, 0.4) is 0 Å². The summed E-state index contributed by atoms with van der Waals surface area (Å²) in [5.74, 6) is 0.655. The molecule has 0 unspecified atom stereocenters. The molecule has 0 atom stereocenters. The van der Waals surface area contributed by atoms with Crippen molar-refractivity contribution in [3.8, 4) is 11.1 Å². The third-order valence-corrected chi connectivity index (χ3v) is 12.7. The van der Waals surface area contributed by atoms with Crippen LogP contribution in [-0.4, -0.2) is 67.0 Å². The average Bonchev–Trinajstić information content (AvgIpc) is 3.59. The highest BCUT2D eigenvalue weighted by atomic mass is 28.3. The molecule has 47 heavy (non-hydrogen) atoms. The van der Waals surface area contributed by atoms with E-state index in [0.29, 0.717) is 32.7 Å². The second-order valence-corrected chi connectivity index (χ2v) is 27.0. The fourth-order valence-corrected chi connectivity index (χ4v) is 8.00. The Hall–Kier alpha value is -3.13. The van der Waals surface area contributed by atoms with Crippen molar-refractivity contribution in [2.24, 2.45) is 0 Å². The molecular weight excluding hydrogens is 624 g/mol. The van der Waals surface area contributed by atoms with E-state index in [9.17, 15) is 4.39 Å². The molecule has 4 aromatic heterocycles. The Bertz CT molecular complexity index is 1830. The Labute approximate surface area is 280 Å². The molecule has 0 spiro atoms. The first-order chi connectivity index (χ1) is 22.4. The number of nitrogens with zero attached hydrogens (tertiary/aromatic N) is 6. The van der Waals surface area contributed by atoms with Crippen LogP contribution in [0.25, 0.3) is 38.7 Å². The van der Waals surface area contributed by atoms with Crippen molar-refractivity contribution in [1.82, 2.24) is 24.1 Å². The van der Waals surface area contributed by atoms with Crippen molar-refractivity contribution in [3.63, 3.8) is 0 Å². The van der Waals surface area contributed by atoms with Crippen LogP contribution in [-0.2, 0) is 9.47 Å². The minimum Gasteiger partial charge on any atom is -0.361 e. The van der Waals surface area contributed by atoms with Gasteiger partial charge in [-0.25, -0.2) is 9.37 Å². The van der Waals surface area contributed by atoms with Gasteiger partial charge >= 0.3 is 0 Å². The molecule has 1 saturated carbocycles. The van der Waals surface area contributed by atoms with Gasteiger partial charge in [-0.05, 0) is 61.7 Å². The van der Waals surface area contributed by atoms with Crippen molar-refractivity contribution >= 4 is 49.5 Å². The molecule has 4 heterocycles. The van der Waals surface area contributed by atoms with Gasteiger partial charge in [-0.3, -0.25) is 4.98 Å². The number of aryl methyl sites for hydroxylation is 1. The zero-order valence-electron chi connectivity index (χ0n) is 29.3. The van der Waals surface area contributed by atoms with Gasteiger partial charge in [-0.15, -0.1) is 0 Å². The van der Waals surface area contributed by atoms with Gasteiger partial charge in [0.1, 0.15) is 30.7 Å². The number of anilines is 1. The fourth-order valence-electron chi connectivity index (χ4n) is 6.49. The summed E-state index contributed by atoms with van der Waals surface area (Å²) in [4.78, 5) is 12.2. The van der Waals surface area contributed by atoms with Crippen LogP contribution in [0.15, 0.2) is 42.9 Å². The maximum Gasteiger partial charge on any atom is 0.167 e. The molecule has 0 N–H and O–H groups in total. The molecule has 0 aliphatic heterocycles. The summed E-state index contributed by atoms with van der Waals surface area (Å²) in [6.07, 6.45) is 12.1. The lowest BCUT2D eigenvalue weighted by Crippen LogP contribution is -2.33. The van der Waals surface area contributed by atoms with Crippen LogP contribution >= 0.6 is 0 Å². The zero-order chi connectivity index (χ0) is 33.3. The highest BCUT2D eigenvalue weighted by Crippen LogP contribution is 2.38. The number of fused-ring (bicyclic) bond motifs is 3. The van der Waals surface area contributed by atoms with Crippen LogP contribution in [0.5, 0.6) is 0 Å². The van der Waals surface area contributed by atoms with Gasteiger partial charge in [0.2, 0.25) is 0 Å². The van der Waals surface area contributed by atoms with E-state index in [1.165, 1.54) is 37.0 Å². The van der Waals surface area contributed by atoms with Crippen LogP contribution in [0, 0.1) is 12.7 Å². The van der Waals surface area contributed by atoms with Crippen molar-refractivity contribution in [1.29, 1.82) is 0 Å². The Morgan fingerprint density at radius 3 is 2.23 bits per heavy atom. The lowest BCUT2D eigenvalue weighted by atomic mass is 9.95. The normalized spacial score (nSPS) is 15.0. The molecule has 8 nitrogen and oxygen atoms in total. The van der Waals surface area contributed by atoms with E-state index < -0.39 is 16.1 Å². The van der Waals surface area contributed by atoms with E-state index in [1.54, 1.807) is 6.07 Å². The van der Waals surface area contributed by atoms with Gasteiger partial charge in [0.25, 0.3) is 0 Å². The summed E-state index contributed by atoms with van der Waals surface area (Å²) < 4.78 is 31.4. The number of hydrogen-bond donors (Lipinski definition) is 0. The van der Waals surface area contributed by atoms with Crippen molar-refractivity contribution in [3.05, 3.63) is 54.2 Å². The second-order valence-electron chi connectivity index (χ2n) is 15.7. The maximum atomic E-state index is 14.2. The van der Waals surface area contributed by atoms with Gasteiger partial charge in [-0.1, -0.05) is 58.5 Å². The molecule has 1 aliphatic rings. The van der Waals surface area contributed by atoms with Gasteiger partial charge < -0.3 is 18.9 Å². The third kappa shape index (κ3) is 7.79. The first-order valence-corrected chi connectivity index (χ1v) is 24.6. The van der Waals surface area contributed by atoms with Crippen LogP contribution < -0.4 is 4.90 Å². The highest BCUT2D eigenvalue weighted by Gasteiger charge is 2.27. The summed E-state index contributed by atoms with van der Waals surface area (Å²) in [7, 11) is -2.52. The van der Waals surface area contributed by atoms with E-state index in [4.69, 9.17) is 19.6 Å². The van der Waals surface area contributed by atoms with Gasteiger partial charge in [0.05, 0.1) is 17.1 Å². The Morgan fingerprint density at radius 2 is 1.57 bits per heavy atom. The minimum atomic E-state index is -1.26. The van der Waals surface area contributed by atoms with E-state index >= 15 is 0 Å². The number of ether oxygens (including phenoxy) is 2. The van der Waals surface area contributed by atoms with E-state index in [0.717, 1.165) is 69.5 Å². The number of rotatable bonds is 13. The highest BCUT2D eigenvalue weighted by molar-refractivity contribution is 6.76. The molecule has 1 aliphatic carbocycles. The number of pyridine rings is 1. The summed E-state index contributed by atoms with van der Waals surface area (Å²) in [6, 6.07) is 9.28. The number of halogens is 1. The molecule has 5 aromatic rings. The van der Waals surface area contributed by atoms with Crippen LogP contribution in [0.2, 0.25) is 51.4 Å². The molecule has 0 bridgehead atoms. The van der Waals surface area contributed by atoms with E-state index in [1.807, 2.05) is 23.0 Å². The number of hydrogen-bond acceptors (Lipinski definition) is 6. The predicted molar refractivity (Wildman–Crippen MR) is 196 cm³/mol. The fraction of sp³-hybridized carbons (Fsp3) is 0.528. The quantitative estimate of drug-likeness (QED) is 0.0705. The smallest absolute Gasteiger partial charge is 0.167 e. The SMILES string of the molecule is Cc1cn(C2CCCCC2)c2nc3c(-c4cnc5ccc(F)cc5c4)cnn3c(N(COCC[Si](C)(C)C)COCC[Si](C)(C)C)c12. The van der Waals surface area contributed by atoms with E-state index in [2.05, 4.69) is 66.9 Å². The first kappa shape index (κ1) is 33.8. The second kappa shape index (κ2) is 13.8. The molecule has 11 heteroatoms. The maximum absolute atomic E-state index is 14.2. The zero-order valence-corrected chi connectivity index (χ0v) is 31.3. The third-order valence-electron chi connectivity index (χ3n) is 9.28. The molecule has 0 radical (unpaired) electrons. The topological polar surface area (TPSA) is 69.7 Å². The van der Waals surface area contributed by atoms with Crippen molar-refractivity contribution < 1.29 is 13.9 Å². The van der Waals surface area contributed by atoms with Gasteiger partial charge in [0.15, 0.2) is 5.65 Å². The molecule has 6 rings (SSSR count). The van der Waals surface area contributed by atoms with Crippen LogP contribution in [0.4, 0.5) is 10.2 Å². The standard InChI is InChI=1S/C36H51FN6O2Si2/c1-26-23-42(30-11-9-8-10-12-30)35-33(26)36(41(24-44-15-17-46(2,3)4)25-45-16-18-47(5,6)7)43-34(40-35)31(22-39-43)28-19-27-20-29(37)13-14-32(27)38-21-28/h13-14,19-23,30H,8-12,15-18,24-25H2,1-7H3. The molecule has 0 amide bonds. The molecule has 1 aromatic carbocycles. The summed E-state index contributed by atoms with van der Waals surface area (Å²) in [6.45, 7) is 18.7. The van der Waals surface area contributed by atoms with Gasteiger partial charge in [0, 0.05) is 64.3 Å². The Morgan fingerprint density at radius 1 is 0.894 bits per heavy atom. The monoisotopic (exact) mass is 674 g/mol. The average molecular weight is 675 g/mol. The van der Waals surface area contributed by atoms with Gasteiger partial charge in [-0.2, -0.15) is 9.61 Å². The van der Waals surface area contributed by atoms with Crippen LogP contribution in [0.1, 0.15) is 43.7 Å². The van der Waals surface area contributed by atoms with Crippen molar-refractivity contribution in [2.75, 3.05) is 31.6 Å².